The molecule has 0 radical (unpaired) electrons. The average Bonchev–Trinajstić information content (AvgIpc) is 3.28. The summed E-state index contributed by atoms with van der Waals surface area (Å²) in [4.78, 5) is 13.4. The second-order valence-electron chi connectivity index (χ2n) is 9.68. The third-order valence-electron chi connectivity index (χ3n) is 6.88. The van der Waals surface area contributed by atoms with Crippen molar-refractivity contribution in [1.29, 1.82) is 5.26 Å². The fraction of sp³-hybridized carbons (Fsp3) is 0.321. The van der Waals surface area contributed by atoms with E-state index in [-0.39, 0.29) is 0 Å². The van der Waals surface area contributed by atoms with Crippen LogP contribution in [0.25, 0.3) is 22.2 Å². The average molecular weight is 497 g/mol. The lowest BCUT2D eigenvalue weighted by Crippen LogP contribution is -2.29. The van der Waals surface area contributed by atoms with Gasteiger partial charge < -0.3 is 30.2 Å². The van der Waals surface area contributed by atoms with Crippen LogP contribution in [0.1, 0.15) is 17.5 Å². The quantitative estimate of drug-likeness (QED) is 0.349. The van der Waals surface area contributed by atoms with Gasteiger partial charge in [0.1, 0.15) is 11.8 Å². The van der Waals surface area contributed by atoms with Crippen LogP contribution < -0.4 is 20.7 Å². The van der Waals surface area contributed by atoms with Gasteiger partial charge in [-0.15, -0.1) is 0 Å². The number of nitrogen functional groups attached to an aromatic ring is 1. The summed E-state index contributed by atoms with van der Waals surface area (Å²) in [5.41, 5.74) is 13.1. The maximum Gasteiger partial charge on any atom is 0.227 e. The third-order valence-corrected chi connectivity index (χ3v) is 6.88. The van der Waals surface area contributed by atoms with Crippen LogP contribution in [0.3, 0.4) is 0 Å². The lowest BCUT2D eigenvalue weighted by Gasteiger charge is -2.24. The van der Waals surface area contributed by atoms with Crippen LogP contribution in [0, 0.1) is 11.3 Å². The smallest absolute Gasteiger partial charge is 0.227 e. The summed E-state index contributed by atoms with van der Waals surface area (Å²) < 4.78 is 7.95. The molecule has 0 aliphatic carbocycles. The number of nitrogens with zero attached hydrogens (tertiary/aromatic N) is 6. The molecule has 1 aliphatic rings. The molecule has 3 N–H and O–H groups in total. The first-order valence-electron chi connectivity index (χ1n) is 12.4. The molecule has 9 heteroatoms. The number of nitrogens with one attached hydrogen (secondary N) is 1. The number of hydrogen-bond acceptors (Lipinski definition) is 8. The molecule has 0 bridgehead atoms. The second-order valence-corrected chi connectivity index (χ2v) is 9.68. The predicted octanol–water partition coefficient (Wildman–Crippen LogP) is 4.25. The largest absolute Gasteiger partial charge is 0.494 e. The molecule has 2 aromatic carbocycles. The fourth-order valence-electron chi connectivity index (χ4n) is 4.95. The van der Waals surface area contributed by atoms with Gasteiger partial charge in [0.15, 0.2) is 0 Å². The van der Waals surface area contributed by atoms with Crippen molar-refractivity contribution >= 4 is 33.9 Å². The number of likely N-dealkylation sites (N-methyl/N-ethyl adjacent to an activating group) is 2. The standard InChI is InChI=1S/C28H32N8O/c1-34(2)11-12-35(3)24-14-25(37-4)23(13-22(24)30)32-28-31-16-19(15-29)26(33-28)21-17-36-10-6-8-18-7-5-9-20(21)27(18)36/h5,7,9,13-14,16-17H,6,8,10-12,30H2,1-4H3,(H,31,32,33). The molecule has 0 spiro atoms. The summed E-state index contributed by atoms with van der Waals surface area (Å²) in [6, 6.07) is 12.4. The minimum absolute atomic E-state index is 0.368. The first-order chi connectivity index (χ1) is 17.9. The first-order valence-corrected chi connectivity index (χ1v) is 12.4. The number of hydrogen-bond donors (Lipinski definition) is 2. The van der Waals surface area contributed by atoms with E-state index in [4.69, 9.17) is 15.5 Å². The zero-order valence-electron chi connectivity index (χ0n) is 21.7. The summed E-state index contributed by atoms with van der Waals surface area (Å²) in [7, 11) is 7.72. The van der Waals surface area contributed by atoms with Crippen LogP contribution in [0.2, 0.25) is 0 Å². The van der Waals surface area contributed by atoms with Gasteiger partial charge in [-0.1, -0.05) is 18.2 Å². The summed E-state index contributed by atoms with van der Waals surface area (Å²) in [5, 5.41) is 14.2. The van der Waals surface area contributed by atoms with Crippen LogP contribution in [0.4, 0.5) is 23.0 Å². The lowest BCUT2D eigenvalue weighted by atomic mass is 10.0. The summed E-state index contributed by atoms with van der Waals surface area (Å²) in [5.74, 6) is 0.995. The Morgan fingerprint density at radius 2 is 2.05 bits per heavy atom. The SMILES string of the molecule is COc1cc(N(C)CCN(C)C)c(N)cc1Nc1ncc(C#N)c(-c2cn3c4c(cccc24)CCC3)n1. The van der Waals surface area contributed by atoms with Crippen molar-refractivity contribution in [3.05, 3.63) is 53.9 Å². The van der Waals surface area contributed by atoms with Crippen molar-refractivity contribution in [3.63, 3.8) is 0 Å². The van der Waals surface area contributed by atoms with Crippen molar-refractivity contribution in [2.45, 2.75) is 19.4 Å². The molecule has 37 heavy (non-hydrogen) atoms. The summed E-state index contributed by atoms with van der Waals surface area (Å²) >= 11 is 0. The van der Waals surface area contributed by atoms with Crippen molar-refractivity contribution < 1.29 is 4.74 Å². The van der Waals surface area contributed by atoms with Gasteiger partial charge in [0.05, 0.1) is 47.1 Å². The molecule has 190 valence electrons. The third kappa shape index (κ3) is 4.63. The van der Waals surface area contributed by atoms with E-state index in [0.717, 1.165) is 49.1 Å². The zero-order chi connectivity index (χ0) is 26.1. The van der Waals surface area contributed by atoms with Crippen molar-refractivity contribution in [3.8, 4) is 23.1 Å². The molecule has 2 aromatic heterocycles. The number of ether oxygens (including phenoxy) is 1. The minimum atomic E-state index is 0.368. The van der Waals surface area contributed by atoms with Crippen LogP contribution in [0.15, 0.2) is 42.7 Å². The first kappa shape index (κ1) is 24.4. The number of aromatic nitrogens is 3. The molecule has 5 rings (SSSR count). The highest BCUT2D eigenvalue weighted by atomic mass is 16.5. The van der Waals surface area contributed by atoms with E-state index in [9.17, 15) is 5.26 Å². The van der Waals surface area contributed by atoms with E-state index in [1.54, 1.807) is 13.3 Å². The Hall–Kier alpha value is -4.29. The number of nitrogens with two attached hydrogens (primary N) is 1. The number of para-hydroxylation sites is 1. The monoisotopic (exact) mass is 496 g/mol. The Balaban J connectivity index is 1.51. The normalized spacial score (nSPS) is 12.5. The molecular formula is C28H32N8O. The van der Waals surface area contributed by atoms with Gasteiger partial charge in [-0.25, -0.2) is 9.97 Å². The number of anilines is 4. The second kappa shape index (κ2) is 9.99. The Kier molecular flexibility index (Phi) is 6.59. The maximum absolute atomic E-state index is 9.84. The number of methoxy groups -OCH3 is 1. The molecule has 0 saturated carbocycles. The highest BCUT2D eigenvalue weighted by molar-refractivity contribution is 5.98. The summed E-state index contributed by atoms with van der Waals surface area (Å²) in [6.07, 6.45) is 5.83. The predicted molar refractivity (Wildman–Crippen MR) is 149 cm³/mol. The fourth-order valence-corrected chi connectivity index (χ4v) is 4.95. The number of aryl methyl sites for hydroxylation is 2. The molecule has 3 heterocycles. The topological polar surface area (TPSA) is 108 Å². The zero-order valence-corrected chi connectivity index (χ0v) is 21.7. The lowest BCUT2D eigenvalue weighted by molar-refractivity contribution is 0.413. The van der Waals surface area contributed by atoms with Crippen molar-refractivity contribution in [2.75, 3.05) is 57.3 Å². The van der Waals surface area contributed by atoms with Crippen LogP contribution >= 0.6 is 0 Å². The van der Waals surface area contributed by atoms with Gasteiger partial charge in [0.2, 0.25) is 5.95 Å². The minimum Gasteiger partial charge on any atom is -0.494 e. The van der Waals surface area contributed by atoms with E-state index in [0.29, 0.717) is 34.3 Å². The Morgan fingerprint density at radius 1 is 1.22 bits per heavy atom. The molecule has 4 aromatic rings. The van der Waals surface area contributed by atoms with E-state index in [1.165, 1.54) is 11.1 Å². The maximum atomic E-state index is 9.84. The number of nitriles is 1. The molecule has 0 amide bonds. The highest BCUT2D eigenvalue weighted by Gasteiger charge is 2.21. The molecule has 1 aliphatic heterocycles. The van der Waals surface area contributed by atoms with Crippen LogP contribution in [0.5, 0.6) is 5.75 Å². The molecule has 0 unspecified atom stereocenters. The van der Waals surface area contributed by atoms with Crippen LogP contribution in [-0.4, -0.2) is 60.8 Å². The molecule has 0 atom stereocenters. The van der Waals surface area contributed by atoms with Gasteiger partial charge >= 0.3 is 0 Å². The Morgan fingerprint density at radius 3 is 2.81 bits per heavy atom. The van der Waals surface area contributed by atoms with Crippen molar-refractivity contribution in [1.82, 2.24) is 19.4 Å². The molecule has 0 fully saturated rings. The number of benzene rings is 2. The van der Waals surface area contributed by atoms with Gasteiger partial charge in [-0.2, -0.15) is 5.26 Å². The molecular weight excluding hydrogens is 464 g/mol. The molecule has 0 saturated heterocycles. The van der Waals surface area contributed by atoms with E-state index in [1.807, 2.05) is 33.3 Å². The van der Waals surface area contributed by atoms with Gasteiger partial charge in [0.25, 0.3) is 0 Å². The van der Waals surface area contributed by atoms with Crippen LogP contribution in [-0.2, 0) is 13.0 Å². The van der Waals surface area contributed by atoms with Gasteiger partial charge in [-0.05, 0) is 38.6 Å². The highest BCUT2D eigenvalue weighted by Crippen LogP contribution is 2.38. The molecule has 9 nitrogen and oxygen atoms in total. The Labute approximate surface area is 217 Å². The van der Waals surface area contributed by atoms with E-state index in [2.05, 4.69) is 55.1 Å². The van der Waals surface area contributed by atoms with E-state index >= 15 is 0 Å². The Bertz CT molecular complexity index is 1500. The van der Waals surface area contributed by atoms with Gasteiger partial charge in [0, 0.05) is 49.9 Å². The van der Waals surface area contributed by atoms with E-state index < -0.39 is 0 Å². The number of rotatable bonds is 8. The van der Waals surface area contributed by atoms with Gasteiger partial charge in [-0.3, -0.25) is 0 Å². The van der Waals surface area contributed by atoms with Crippen molar-refractivity contribution in [2.24, 2.45) is 0 Å². The summed E-state index contributed by atoms with van der Waals surface area (Å²) in [6.45, 7) is 2.68.